The number of ether oxygens (including phenoxy) is 2. The molecule has 0 radical (unpaired) electrons. The largest absolute Gasteiger partial charge is 0.491 e. The summed E-state index contributed by atoms with van der Waals surface area (Å²) in [7, 11) is 0. The van der Waals surface area contributed by atoms with Gasteiger partial charge >= 0.3 is 0 Å². The molecule has 1 heterocycles. The van der Waals surface area contributed by atoms with Crippen LogP contribution in [0.3, 0.4) is 0 Å². The summed E-state index contributed by atoms with van der Waals surface area (Å²) in [6.45, 7) is 3.29. The Morgan fingerprint density at radius 1 is 0.875 bits per heavy atom. The summed E-state index contributed by atoms with van der Waals surface area (Å²) in [6, 6.07) is 18.1. The number of benzene rings is 2. The molecule has 0 amide bonds. The van der Waals surface area contributed by atoms with E-state index in [1.54, 1.807) is 6.26 Å². The highest BCUT2D eigenvalue weighted by atomic mass is 35.5. The molecule has 0 aliphatic rings. The second-order valence-corrected chi connectivity index (χ2v) is 5.19. The molecule has 0 fully saturated rings. The summed E-state index contributed by atoms with van der Waals surface area (Å²) in [4.78, 5) is 0. The van der Waals surface area contributed by atoms with Gasteiger partial charge in [-0.2, -0.15) is 0 Å². The van der Waals surface area contributed by atoms with Crippen molar-refractivity contribution in [3.05, 3.63) is 66.6 Å². The molecule has 0 aliphatic carbocycles. The zero-order valence-corrected chi connectivity index (χ0v) is 14.3. The van der Waals surface area contributed by atoms with Crippen molar-refractivity contribution in [2.24, 2.45) is 0 Å². The van der Waals surface area contributed by atoms with Gasteiger partial charge in [0, 0.05) is 11.9 Å². The average molecular weight is 348 g/mol. The Balaban J connectivity index is 0.00000208. The van der Waals surface area contributed by atoms with E-state index in [0.717, 1.165) is 30.0 Å². The van der Waals surface area contributed by atoms with Crippen LogP contribution in [0.5, 0.6) is 5.75 Å². The van der Waals surface area contributed by atoms with Crippen molar-refractivity contribution in [3.8, 4) is 5.75 Å². The van der Waals surface area contributed by atoms with Crippen LogP contribution in [0.25, 0.3) is 10.8 Å². The van der Waals surface area contributed by atoms with Gasteiger partial charge in [-0.05, 0) is 23.6 Å². The maximum absolute atomic E-state index is 5.82. The monoisotopic (exact) mass is 347 g/mol. The Morgan fingerprint density at radius 3 is 2.62 bits per heavy atom. The molecule has 1 aromatic heterocycles. The molecule has 3 rings (SSSR count). The van der Waals surface area contributed by atoms with Crippen LogP contribution in [0.1, 0.15) is 5.76 Å². The van der Waals surface area contributed by atoms with Gasteiger partial charge in [0.05, 0.1) is 26.0 Å². The van der Waals surface area contributed by atoms with E-state index in [1.165, 1.54) is 5.39 Å². The Morgan fingerprint density at radius 2 is 1.75 bits per heavy atom. The fraction of sp³-hybridized carbons (Fsp3) is 0.263. The minimum atomic E-state index is 0. The molecule has 0 bridgehead atoms. The van der Waals surface area contributed by atoms with Crippen LogP contribution in [-0.2, 0) is 11.3 Å². The van der Waals surface area contributed by atoms with Crippen molar-refractivity contribution in [1.29, 1.82) is 0 Å². The maximum atomic E-state index is 5.82. The predicted octanol–water partition coefficient (Wildman–Crippen LogP) is 4.04. The molecule has 0 saturated carbocycles. The van der Waals surface area contributed by atoms with Gasteiger partial charge in [0.25, 0.3) is 0 Å². The molecular formula is C19H22ClNO3. The molecule has 2 aromatic carbocycles. The first-order valence-corrected chi connectivity index (χ1v) is 7.85. The van der Waals surface area contributed by atoms with Gasteiger partial charge in [-0.3, -0.25) is 0 Å². The first-order chi connectivity index (χ1) is 11.4. The van der Waals surface area contributed by atoms with Crippen molar-refractivity contribution >= 4 is 23.2 Å². The molecule has 1 N–H and O–H groups in total. The zero-order valence-electron chi connectivity index (χ0n) is 13.4. The highest BCUT2D eigenvalue weighted by Crippen LogP contribution is 2.24. The van der Waals surface area contributed by atoms with E-state index in [1.807, 2.05) is 36.4 Å². The molecule has 128 valence electrons. The molecule has 5 heteroatoms. The number of fused-ring (bicyclic) bond motifs is 1. The molecular weight excluding hydrogens is 326 g/mol. The lowest BCUT2D eigenvalue weighted by molar-refractivity contribution is 0.102. The molecule has 0 saturated heterocycles. The van der Waals surface area contributed by atoms with Gasteiger partial charge in [-0.25, -0.2) is 0 Å². The molecule has 0 aliphatic heterocycles. The lowest BCUT2D eigenvalue weighted by Gasteiger charge is -2.10. The first-order valence-electron chi connectivity index (χ1n) is 7.85. The number of rotatable bonds is 9. The van der Waals surface area contributed by atoms with Crippen LogP contribution in [0.15, 0.2) is 65.3 Å². The first kappa shape index (κ1) is 18.3. The van der Waals surface area contributed by atoms with E-state index in [0.29, 0.717) is 19.8 Å². The summed E-state index contributed by atoms with van der Waals surface area (Å²) < 4.78 is 16.6. The molecule has 4 nitrogen and oxygen atoms in total. The Labute approximate surface area is 148 Å². The normalized spacial score (nSPS) is 10.5. The van der Waals surface area contributed by atoms with Crippen LogP contribution >= 0.6 is 12.4 Å². The highest BCUT2D eigenvalue weighted by Gasteiger charge is 2.00. The van der Waals surface area contributed by atoms with Crippen LogP contribution in [0.4, 0.5) is 0 Å². The third-order valence-corrected chi connectivity index (χ3v) is 3.54. The predicted molar refractivity (Wildman–Crippen MR) is 97.9 cm³/mol. The molecule has 3 aromatic rings. The standard InChI is InChI=1S/C19H21NO3.ClH/c1-2-8-18-16(5-1)6-3-9-19(18)23-14-13-21-12-10-20-15-17-7-4-11-22-17;/h1-9,11,20H,10,12-15H2;1H. The summed E-state index contributed by atoms with van der Waals surface area (Å²) in [5.41, 5.74) is 0. The van der Waals surface area contributed by atoms with Crippen LogP contribution < -0.4 is 10.1 Å². The van der Waals surface area contributed by atoms with Gasteiger partial charge in [0.15, 0.2) is 0 Å². The van der Waals surface area contributed by atoms with Crippen LogP contribution in [-0.4, -0.2) is 26.4 Å². The van der Waals surface area contributed by atoms with Gasteiger partial charge < -0.3 is 19.2 Å². The Hall–Kier alpha value is -2.01. The van der Waals surface area contributed by atoms with Crippen molar-refractivity contribution in [1.82, 2.24) is 5.32 Å². The fourth-order valence-electron chi connectivity index (χ4n) is 2.40. The molecule has 24 heavy (non-hydrogen) atoms. The minimum absolute atomic E-state index is 0. The van der Waals surface area contributed by atoms with E-state index in [9.17, 15) is 0 Å². The molecule has 0 atom stereocenters. The Kier molecular flexibility index (Phi) is 7.62. The van der Waals surface area contributed by atoms with Gasteiger partial charge in [-0.15, -0.1) is 12.4 Å². The SMILES string of the molecule is Cl.c1coc(CNCCOCCOc2cccc3ccccc23)c1. The minimum Gasteiger partial charge on any atom is -0.491 e. The molecule has 0 spiro atoms. The third-order valence-electron chi connectivity index (χ3n) is 3.54. The fourth-order valence-corrected chi connectivity index (χ4v) is 2.40. The zero-order chi connectivity index (χ0) is 15.7. The van der Waals surface area contributed by atoms with E-state index >= 15 is 0 Å². The van der Waals surface area contributed by atoms with E-state index in [2.05, 4.69) is 23.5 Å². The lowest BCUT2D eigenvalue weighted by Crippen LogP contribution is -2.20. The van der Waals surface area contributed by atoms with Crippen LogP contribution in [0.2, 0.25) is 0 Å². The van der Waals surface area contributed by atoms with Gasteiger partial charge in [0.2, 0.25) is 0 Å². The van der Waals surface area contributed by atoms with Crippen molar-refractivity contribution in [3.63, 3.8) is 0 Å². The highest BCUT2D eigenvalue weighted by molar-refractivity contribution is 5.88. The van der Waals surface area contributed by atoms with Crippen LogP contribution in [0, 0.1) is 0 Å². The second kappa shape index (κ2) is 9.98. The summed E-state index contributed by atoms with van der Waals surface area (Å²) in [6.07, 6.45) is 1.68. The number of nitrogens with one attached hydrogen (secondary N) is 1. The smallest absolute Gasteiger partial charge is 0.127 e. The topological polar surface area (TPSA) is 43.6 Å². The quantitative estimate of drug-likeness (QED) is 0.593. The Bertz CT molecular complexity index is 710. The lowest BCUT2D eigenvalue weighted by atomic mass is 10.1. The third kappa shape index (κ3) is 5.27. The van der Waals surface area contributed by atoms with Crippen molar-refractivity contribution < 1.29 is 13.9 Å². The second-order valence-electron chi connectivity index (χ2n) is 5.19. The van der Waals surface area contributed by atoms with E-state index in [-0.39, 0.29) is 12.4 Å². The van der Waals surface area contributed by atoms with E-state index < -0.39 is 0 Å². The molecule has 0 unspecified atom stereocenters. The number of hydrogen-bond acceptors (Lipinski definition) is 4. The average Bonchev–Trinajstić information content (AvgIpc) is 3.11. The number of hydrogen-bond donors (Lipinski definition) is 1. The summed E-state index contributed by atoms with van der Waals surface area (Å²) >= 11 is 0. The van der Waals surface area contributed by atoms with Crippen molar-refractivity contribution in [2.45, 2.75) is 6.54 Å². The maximum Gasteiger partial charge on any atom is 0.127 e. The van der Waals surface area contributed by atoms with Gasteiger partial charge in [-0.1, -0.05) is 36.4 Å². The van der Waals surface area contributed by atoms with Crippen molar-refractivity contribution in [2.75, 3.05) is 26.4 Å². The summed E-state index contributed by atoms with van der Waals surface area (Å²) in [5.74, 6) is 1.84. The van der Waals surface area contributed by atoms with Gasteiger partial charge in [0.1, 0.15) is 18.1 Å². The van der Waals surface area contributed by atoms with E-state index in [4.69, 9.17) is 13.9 Å². The number of halogens is 1. The summed E-state index contributed by atoms with van der Waals surface area (Å²) in [5, 5.41) is 5.58. The number of furan rings is 1.